The monoisotopic (exact) mass is 231 g/mol. The summed E-state index contributed by atoms with van der Waals surface area (Å²) in [5.74, 6) is -3.68. The maximum absolute atomic E-state index is 13.2. The normalized spacial score (nSPS) is 12.0. The Labute approximate surface area is 90.5 Å². The fourth-order valence-electron chi connectivity index (χ4n) is 1.14. The standard InChI is InChI=1S/C11H9F4N/c1-3-6(4-2)16-11-9(14)7(12)5-8(13)10(11)15/h1,5-6,16H,4H2,2H3. The van der Waals surface area contributed by atoms with Crippen molar-refractivity contribution in [1.29, 1.82) is 0 Å². The number of halogens is 4. The molecule has 0 spiro atoms. The van der Waals surface area contributed by atoms with Gasteiger partial charge in [0.1, 0.15) is 5.69 Å². The maximum atomic E-state index is 13.2. The average Bonchev–Trinajstić information content (AvgIpc) is 2.27. The van der Waals surface area contributed by atoms with Gasteiger partial charge in [0.15, 0.2) is 23.3 Å². The quantitative estimate of drug-likeness (QED) is 0.479. The van der Waals surface area contributed by atoms with Crippen LogP contribution < -0.4 is 5.32 Å². The lowest BCUT2D eigenvalue weighted by molar-refractivity contribution is 0.457. The molecular weight excluding hydrogens is 222 g/mol. The van der Waals surface area contributed by atoms with Crippen molar-refractivity contribution in [2.75, 3.05) is 5.32 Å². The van der Waals surface area contributed by atoms with E-state index < -0.39 is 35.0 Å². The van der Waals surface area contributed by atoms with Gasteiger partial charge in [-0.05, 0) is 6.42 Å². The van der Waals surface area contributed by atoms with Crippen LogP contribution in [0.4, 0.5) is 23.2 Å². The van der Waals surface area contributed by atoms with Crippen molar-refractivity contribution >= 4 is 5.69 Å². The van der Waals surface area contributed by atoms with Crippen LogP contribution in [0.25, 0.3) is 0 Å². The van der Waals surface area contributed by atoms with E-state index in [-0.39, 0.29) is 6.07 Å². The lowest BCUT2D eigenvalue weighted by Crippen LogP contribution is -2.18. The highest BCUT2D eigenvalue weighted by atomic mass is 19.2. The molecule has 0 aliphatic carbocycles. The van der Waals surface area contributed by atoms with E-state index in [1.54, 1.807) is 6.92 Å². The van der Waals surface area contributed by atoms with Crippen molar-refractivity contribution in [3.63, 3.8) is 0 Å². The first kappa shape index (κ1) is 12.4. The molecule has 0 saturated heterocycles. The molecule has 0 heterocycles. The summed E-state index contributed by atoms with van der Waals surface area (Å²) < 4.78 is 51.9. The predicted octanol–water partition coefficient (Wildman–Crippen LogP) is 3.07. The first-order valence-corrected chi connectivity index (χ1v) is 4.56. The van der Waals surface area contributed by atoms with Gasteiger partial charge in [0.05, 0.1) is 6.04 Å². The highest BCUT2D eigenvalue weighted by molar-refractivity contribution is 5.49. The summed E-state index contributed by atoms with van der Waals surface area (Å²) in [5.41, 5.74) is -0.873. The van der Waals surface area contributed by atoms with Gasteiger partial charge >= 0.3 is 0 Å². The molecule has 1 unspecified atom stereocenters. The van der Waals surface area contributed by atoms with E-state index in [2.05, 4.69) is 11.2 Å². The van der Waals surface area contributed by atoms with Crippen LogP contribution in [0.3, 0.4) is 0 Å². The van der Waals surface area contributed by atoms with Crippen molar-refractivity contribution in [2.24, 2.45) is 0 Å². The van der Waals surface area contributed by atoms with Crippen LogP contribution in [0.5, 0.6) is 0 Å². The Morgan fingerprint density at radius 1 is 1.25 bits per heavy atom. The van der Waals surface area contributed by atoms with Crippen LogP contribution >= 0.6 is 0 Å². The van der Waals surface area contributed by atoms with Gasteiger partial charge in [0, 0.05) is 6.07 Å². The molecule has 0 aromatic heterocycles. The van der Waals surface area contributed by atoms with Gasteiger partial charge in [0.25, 0.3) is 0 Å². The summed E-state index contributed by atoms with van der Waals surface area (Å²) in [6.45, 7) is 1.67. The minimum absolute atomic E-state index is 0.146. The Hall–Kier alpha value is -1.70. The first-order chi connectivity index (χ1) is 7.51. The van der Waals surface area contributed by atoms with Crippen molar-refractivity contribution in [3.8, 4) is 12.3 Å². The lowest BCUT2D eigenvalue weighted by atomic mass is 10.2. The zero-order valence-corrected chi connectivity index (χ0v) is 8.45. The lowest BCUT2D eigenvalue weighted by Gasteiger charge is -2.14. The third kappa shape index (κ3) is 2.27. The summed E-state index contributed by atoms with van der Waals surface area (Å²) in [5, 5.41) is 2.23. The van der Waals surface area contributed by atoms with E-state index in [9.17, 15) is 17.6 Å². The number of nitrogens with one attached hydrogen (secondary N) is 1. The minimum atomic E-state index is -1.48. The van der Waals surface area contributed by atoms with Gasteiger partial charge in [0.2, 0.25) is 0 Å². The second-order valence-electron chi connectivity index (χ2n) is 3.12. The van der Waals surface area contributed by atoms with Crippen LogP contribution in [-0.4, -0.2) is 6.04 Å². The second kappa shape index (κ2) is 4.88. The van der Waals surface area contributed by atoms with E-state index in [1.165, 1.54) is 0 Å². The Balaban J connectivity index is 3.18. The zero-order chi connectivity index (χ0) is 12.3. The van der Waals surface area contributed by atoms with Crippen molar-refractivity contribution < 1.29 is 17.6 Å². The summed E-state index contributed by atoms with van der Waals surface area (Å²) in [6, 6.07) is -0.544. The molecule has 86 valence electrons. The van der Waals surface area contributed by atoms with Crippen molar-refractivity contribution in [1.82, 2.24) is 0 Å². The van der Waals surface area contributed by atoms with E-state index in [1.807, 2.05) is 0 Å². The van der Waals surface area contributed by atoms with Crippen LogP contribution in [0, 0.1) is 35.6 Å². The van der Waals surface area contributed by atoms with E-state index >= 15 is 0 Å². The van der Waals surface area contributed by atoms with Crippen LogP contribution in [0.2, 0.25) is 0 Å². The molecule has 0 saturated carbocycles. The average molecular weight is 231 g/mol. The molecule has 1 aromatic carbocycles. The Kier molecular flexibility index (Phi) is 3.78. The topological polar surface area (TPSA) is 12.0 Å². The summed E-state index contributed by atoms with van der Waals surface area (Å²) >= 11 is 0. The van der Waals surface area contributed by atoms with Gasteiger partial charge in [-0.2, -0.15) is 0 Å². The Morgan fingerprint density at radius 3 is 2.12 bits per heavy atom. The molecule has 1 N–H and O–H groups in total. The third-order valence-corrected chi connectivity index (χ3v) is 2.04. The highest BCUT2D eigenvalue weighted by Gasteiger charge is 2.20. The summed E-state index contributed by atoms with van der Waals surface area (Å²) in [7, 11) is 0. The molecule has 0 aliphatic heterocycles. The molecule has 0 fully saturated rings. The zero-order valence-electron chi connectivity index (χ0n) is 8.45. The second-order valence-corrected chi connectivity index (χ2v) is 3.12. The molecule has 0 bridgehead atoms. The molecular formula is C11H9F4N. The number of hydrogen-bond donors (Lipinski definition) is 1. The highest BCUT2D eigenvalue weighted by Crippen LogP contribution is 2.24. The fourth-order valence-corrected chi connectivity index (χ4v) is 1.14. The van der Waals surface area contributed by atoms with Gasteiger partial charge in [-0.25, -0.2) is 17.6 Å². The molecule has 1 atom stereocenters. The molecule has 0 aliphatic rings. The molecule has 16 heavy (non-hydrogen) atoms. The number of benzene rings is 1. The molecule has 0 amide bonds. The van der Waals surface area contributed by atoms with Gasteiger partial charge < -0.3 is 5.32 Å². The fraction of sp³-hybridized carbons (Fsp3) is 0.273. The molecule has 0 radical (unpaired) electrons. The van der Waals surface area contributed by atoms with Gasteiger partial charge in [-0.15, -0.1) is 6.42 Å². The summed E-state index contributed by atoms with van der Waals surface area (Å²) in [6.07, 6.45) is 5.43. The molecule has 1 rings (SSSR count). The number of terminal acetylenes is 1. The minimum Gasteiger partial charge on any atom is -0.367 e. The SMILES string of the molecule is C#CC(CC)Nc1c(F)c(F)cc(F)c1F. The smallest absolute Gasteiger partial charge is 0.185 e. The van der Waals surface area contributed by atoms with Gasteiger partial charge in [-0.1, -0.05) is 12.8 Å². The molecule has 5 heteroatoms. The first-order valence-electron chi connectivity index (χ1n) is 4.56. The number of hydrogen-bond acceptors (Lipinski definition) is 1. The van der Waals surface area contributed by atoms with Crippen LogP contribution in [-0.2, 0) is 0 Å². The molecule has 1 nitrogen and oxygen atoms in total. The largest absolute Gasteiger partial charge is 0.367 e. The van der Waals surface area contributed by atoms with Crippen molar-refractivity contribution in [3.05, 3.63) is 29.3 Å². The number of rotatable bonds is 3. The van der Waals surface area contributed by atoms with Crippen LogP contribution in [0.1, 0.15) is 13.3 Å². The summed E-state index contributed by atoms with van der Waals surface area (Å²) in [4.78, 5) is 0. The van der Waals surface area contributed by atoms with E-state index in [0.717, 1.165) is 0 Å². The van der Waals surface area contributed by atoms with Gasteiger partial charge in [-0.3, -0.25) is 0 Å². The Bertz CT molecular complexity index is 410. The van der Waals surface area contributed by atoms with Crippen LogP contribution in [0.15, 0.2) is 6.07 Å². The maximum Gasteiger partial charge on any atom is 0.185 e. The predicted molar refractivity (Wildman–Crippen MR) is 52.8 cm³/mol. The number of anilines is 1. The van der Waals surface area contributed by atoms with E-state index in [0.29, 0.717) is 6.42 Å². The van der Waals surface area contributed by atoms with E-state index in [4.69, 9.17) is 6.42 Å². The Morgan fingerprint density at radius 2 is 1.75 bits per heavy atom. The third-order valence-electron chi connectivity index (χ3n) is 2.04. The van der Waals surface area contributed by atoms with Crippen molar-refractivity contribution in [2.45, 2.75) is 19.4 Å². The molecule has 1 aromatic rings.